The fourth-order valence-corrected chi connectivity index (χ4v) is 3.71. The minimum absolute atomic E-state index is 0.0536. The third-order valence-corrected chi connectivity index (χ3v) is 5.32. The van der Waals surface area contributed by atoms with Gasteiger partial charge in [-0.05, 0) is 52.3 Å². The number of rotatable bonds is 5. The van der Waals surface area contributed by atoms with Crippen LogP contribution in [0.15, 0.2) is 40.2 Å². The van der Waals surface area contributed by atoms with Crippen LogP contribution in [0.4, 0.5) is 11.4 Å². The summed E-state index contributed by atoms with van der Waals surface area (Å²) in [5.41, 5.74) is 1.39. The zero-order chi connectivity index (χ0) is 17.6. The van der Waals surface area contributed by atoms with E-state index in [9.17, 15) is 9.59 Å². The maximum atomic E-state index is 12.1. The highest BCUT2D eigenvalue weighted by Crippen LogP contribution is 2.23. The molecular weight excluding hydrogens is 406 g/mol. The first-order chi connectivity index (χ1) is 12.1. The first-order valence-corrected chi connectivity index (χ1v) is 9.48. The number of hydrogen-bond acceptors (Lipinski definition) is 5. The second-order valence-electron chi connectivity index (χ2n) is 5.57. The molecule has 0 spiro atoms. The van der Waals surface area contributed by atoms with Crippen LogP contribution in [0.25, 0.3) is 0 Å². The Morgan fingerprint density at radius 1 is 1.04 bits per heavy atom. The van der Waals surface area contributed by atoms with E-state index in [1.165, 1.54) is 11.3 Å². The van der Waals surface area contributed by atoms with E-state index in [2.05, 4.69) is 31.5 Å². The molecule has 1 aromatic carbocycles. The van der Waals surface area contributed by atoms with Crippen LogP contribution in [0, 0.1) is 0 Å². The van der Waals surface area contributed by atoms with Crippen LogP contribution in [0.3, 0.4) is 0 Å². The monoisotopic (exact) mass is 423 g/mol. The number of carbonyl (C=O) groups is 2. The smallest absolute Gasteiger partial charge is 0.265 e. The van der Waals surface area contributed by atoms with Gasteiger partial charge in [-0.25, -0.2) is 0 Å². The van der Waals surface area contributed by atoms with Crippen LogP contribution in [-0.4, -0.2) is 49.6 Å². The predicted molar refractivity (Wildman–Crippen MR) is 102 cm³/mol. The average molecular weight is 424 g/mol. The molecular formula is C17H18BrN3O3S. The van der Waals surface area contributed by atoms with Gasteiger partial charge in [-0.1, -0.05) is 0 Å². The fourth-order valence-electron chi connectivity index (χ4n) is 2.43. The molecule has 0 atom stereocenters. The minimum Gasteiger partial charge on any atom is -0.379 e. The van der Waals surface area contributed by atoms with Crippen molar-refractivity contribution in [3.8, 4) is 0 Å². The van der Waals surface area contributed by atoms with Crippen LogP contribution in [-0.2, 0) is 9.53 Å². The Morgan fingerprint density at radius 2 is 1.68 bits per heavy atom. The lowest BCUT2D eigenvalue weighted by molar-refractivity contribution is -0.118. The van der Waals surface area contributed by atoms with Gasteiger partial charge in [0.1, 0.15) is 0 Å². The van der Waals surface area contributed by atoms with Crippen molar-refractivity contribution < 1.29 is 14.3 Å². The zero-order valence-electron chi connectivity index (χ0n) is 13.5. The first-order valence-electron chi connectivity index (χ1n) is 7.87. The lowest BCUT2D eigenvalue weighted by Crippen LogP contribution is -2.41. The minimum atomic E-state index is -0.153. The van der Waals surface area contributed by atoms with Crippen molar-refractivity contribution in [2.75, 3.05) is 43.5 Å². The van der Waals surface area contributed by atoms with Crippen molar-refractivity contribution in [2.24, 2.45) is 0 Å². The number of carbonyl (C=O) groups excluding carboxylic acids is 2. The number of thiophene rings is 1. The zero-order valence-corrected chi connectivity index (χ0v) is 15.9. The Morgan fingerprint density at radius 3 is 2.28 bits per heavy atom. The van der Waals surface area contributed by atoms with Crippen LogP contribution >= 0.6 is 27.3 Å². The van der Waals surface area contributed by atoms with Crippen molar-refractivity contribution in [3.63, 3.8) is 0 Å². The SMILES string of the molecule is O=C(CN1CCOCC1)Nc1ccc(NC(=O)c2ccc(Br)s2)cc1. The second kappa shape index (κ2) is 8.57. The van der Waals surface area contributed by atoms with E-state index in [-0.39, 0.29) is 11.8 Å². The number of benzene rings is 1. The molecule has 132 valence electrons. The van der Waals surface area contributed by atoms with Crippen molar-refractivity contribution in [3.05, 3.63) is 45.1 Å². The quantitative estimate of drug-likeness (QED) is 0.774. The Balaban J connectivity index is 1.51. The molecule has 2 amide bonds. The largest absolute Gasteiger partial charge is 0.379 e. The van der Waals surface area contributed by atoms with E-state index < -0.39 is 0 Å². The van der Waals surface area contributed by atoms with Crippen LogP contribution in [0.1, 0.15) is 9.67 Å². The van der Waals surface area contributed by atoms with Crippen molar-refractivity contribution in [1.82, 2.24) is 4.90 Å². The standard InChI is InChI=1S/C17H18BrN3O3S/c18-15-6-5-14(25-15)17(23)20-13-3-1-12(2-4-13)19-16(22)11-21-7-9-24-10-8-21/h1-6H,7-11H2,(H,19,22)(H,20,23). The predicted octanol–water partition coefficient (Wildman–Crippen LogP) is 3.03. The van der Waals surface area contributed by atoms with E-state index in [4.69, 9.17) is 4.74 Å². The number of ether oxygens (including phenoxy) is 1. The van der Waals surface area contributed by atoms with Gasteiger partial charge in [0, 0.05) is 24.5 Å². The van der Waals surface area contributed by atoms with E-state index >= 15 is 0 Å². The van der Waals surface area contributed by atoms with Gasteiger partial charge >= 0.3 is 0 Å². The molecule has 2 N–H and O–H groups in total. The molecule has 6 nitrogen and oxygen atoms in total. The van der Waals surface area contributed by atoms with Crippen LogP contribution in [0.2, 0.25) is 0 Å². The molecule has 2 aromatic rings. The molecule has 8 heteroatoms. The van der Waals surface area contributed by atoms with Crippen LogP contribution in [0.5, 0.6) is 0 Å². The fraction of sp³-hybridized carbons (Fsp3) is 0.294. The number of morpholine rings is 1. The van der Waals surface area contributed by atoms with Gasteiger partial charge in [0.2, 0.25) is 5.91 Å². The topological polar surface area (TPSA) is 70.7 Å². The molecule has 2 heterocycles. The summed E-state index contributed by atoms with van der Waals surface area (Å²) in [6, 6.07) is 10.7. The average Bonchev–Trinajstić information content (AvgIpc) is 3.04. The lowest BCUT2D eigenvalue weighted by Gasteiger charge is -2.25. The molecule has 0 unspecified atom stereocenters. The maximum Gasteiger partial charge on any atom is 0.265 e. The molecule has 1 saturated heterocycles. The number of anilines is 2. The molecule has 0 saturated carbocycles. The van der Waals surface area contributed by atoms with E-state index in [0.29, 0.717) is 36.0 Å². The highest BCUT2D eigenvalue weighted by atomic mass is 79.9. The van der Waals surface area contributed by atoms with Gasteiger partial charge in [0.15, 0.2) is 0 Å². The van der Waals surface area contributed by atoms with Crippen molar-refractivity contribution in [2.45, 2.75) is 0 Å². The van der Waals surface area contributed by atoms with Gasteiger partial charge in [-0.2, -0.15) is 0 Å². The Hall–Kier alpha value is -1.74. The first kappa shape index (κ1) is 18.1. The summed E-state index contributed by atoms with van der Waals surface area (Å²) in [7, 11) is 0. The van der Waals surface area contributed by atoms with Crippen molar-refractivity contribution >= 4 is 50.5 Å². The molecule has 1 fully saturated rings. The van der Waals surface area contributed by atoms with Gasteiger partial charge < -0.3 is 15.4 Å². The van der Waals surface area contributed by atoms with Crippen LogP contribution < -0.4 is 10.6 Å². The molecule has 0 bridgehead atoms. The number of nitrogens with zero attached hydrogens (tertiary/aromatic N) is 1. The molecule has 0 radical (unpaired) electrons. The maximum absolute atomic E-state index is 12.1. The van der Waals surface area contributed by atoms with Gasteiger partial charge in [0.25, 0.3) is 5.91 Å². The van der Waals surface area contributed by atoms with Gasteiger partial charge in [-0.15, -0.1) is 11.3 Å². The summed E-state index contributed by atoms with van der Waals surface area (Å²) in [5.74, 6) is -0.207. The Bertz CT molecular complexity index is 742. The van der Waals surface area contributed by atoms with E-state index in [0.717, 1.165) is 16.9 Å². The van der Waals surface area contributed by atoms with Crippen molar-refractivity contribution in [1.29, 1.82) is 0 Å². The number of nitrogens with one attached hydrogen (secondary N) is 2. The number of hydrogen-bond donors (Lipinski definition) is 2. The molecule has 3 rings (SSSR count). The third kappa shape index (κ3) is 5.37. The molecule has 1 aliphatic rings. The normalized spacial score (nSPS) is 14.9. The molecule has 0 aliphatic carbocycles. The van der Waals surface area contributed by atoms with E-state index in [1.807, 2.05) is 6.07 Å². The summed E-state index contributed by atoms with van der Waals surface area (Å²) < 4.78 is 6.18. The molecule has 1 aliphatic heterocycles. The highest BCUT2D eigenvalue weighted by Gasteiger charge is 2.14. The Labute approximate surface area is 158 Å². The Kier molecular flexibility index (Phi) is 6.19. The number of halogens is 1. The number of amides is 2. The second-order valence-corrected chi connectivity index (χ2v) is 8.03. The van der Waals surface area contributed by atoms with Gasteiger partial charge in [-0.3, -0.25) is 14.5 Å². The summed E-state index contributed by atoms with van der Waals surface area (Å²) in [5, 5.41) is 5.70. The van der Waals surface area contributed by atoms with E-state index in [1.54, 1.807) is 30.3 Å². The summed E-state index contributed by atoms with van der Waals surface area (Å²) in [6.45, 7) is 3.24. The summed E-state index contributed by atoms with van der Waals surface area (Å²) in [6.07, 6.45) is 0. The molecule has 1 aromatic heterocycles. The molecule has 25 heavy (non-hydrogen) atoms. The third-order valence-electron chi connectivity index (χ3n) is 3.69. The summed E-state index contributed by atoms with van der Waals surface area (Å²) in [4.78, 5) is 26.9. The summed E-state index contributed by atoms with van der Waals surface area (Å²) >= 11 is 4.72. The lowest BCUT2D eigenvalue weighted by atomic mass is 10.2. The highest BCUT2D eigenvalue weighted by molar-refractivity contribution is 9.11. The van der Waals surface area contributed by atoms with Gasteiger partial charge in [0.05, 0.1) is 28.4 Å².